The van der Waals surface area contributed by atoms with E-state index in [0.29, 0.717) is 23.8 Å². The molecule has 0 unspecified atom stereocenters. The van der Waals surface area contributed by atoms with E-state index >= 15 is 0 Å². The first kappa shape index (κ1) is 17.5. The first-order valence-electron chi connectivity index (χ1n) is 8.66. The Kier molecular flexibility index (Phi) is 5.68. The van der Waals surface area contributed by atoms with Crippen molar-refractivity contribution in [3.63, 3.8) is 0 Å². The van der Waals surface area contributed by atoms with Crippen LogP contribution in [0.15, 0.2) is 48.5 Å². The summed E-state index contributed by atoms with van der Waals surface area (Å²) >= 11 is 0. The second-order valence-corrected chi connectivity index (χ2v) is 6.60. The average molecular weight is 340 g/mol. The van der Waals surface area contributed by atoms with E-state index in [1.807, 2.05) is 24.3 Å². The number of rotatable bonds is 5. The third-order valence-corrected chi connectivity index (χ3v) is 4.71. The van der Waals surface area contributed by atoms with Crippen LogP contribution in [0.2, 0.25) is 0 Å². The van der Waals surface area contributed by atoms with Gasteiger partial charge < -0.3 is 15.5 Å². The molecule has 1 aliphatic heterocycles. The zero-order chi connectivity index (χ0) is 17.6. The lowest BCUT2D eigenvalue weighted by Gasteiger charge is -2.31. The maximum Gasteiger partial charge on any atom is 0.255 e. The summed E-state index contributed by atoms with van der Waals surface area (Å²) in [5.41, 5.74) is 2.44. The number of aromatic hydroxyl groups is 1. The molecule has 0 aliphatic carbocycles. The smallest absolute Gasteiger partial charge is 0.255 e. The fourth-order valence-electron chi connectivity index (χ4n) is 3.09. The summed E-state index contributed by atoms with van der Waals surface area (Å²) in [6.07, 6.45) is 2.09. The first-order chi connectivity index (χ1) is 12.1. The van der Waals surface area contributed by atoms with Crippen molar-refractivity contribution in [3.8, 4) is 5.75 Å². The quantitative estimate of drug-likeness (QED) is 0.732. The number of aliphatic hydroxyl groups is 1. The number of benzene rings is 2. The van der Waals surface area contributed by atoms with Gasteiger partial charge in [0, 0.05) is 24.4 Å². The van der Waals surface area contributed by atoms with Crippen molar-refractivity contribution in [2.45, 2.75) is 19.4 Å². The van der Waals surface area contributed by atoms with Gasteiger partial charge in [-0.3, -0.25) is 9.69 Å². The van der Waals surface area contributed by atoms with Crippen LogP contribution in [0, 0.1) is 5.92 Å². The van der Waals surface area contributed by atoms with Gasteiger partial charge in [-0.1, -0.05) is 12.1 Å². The van der Waals surface area contributed by atoms with Gasteiger partial charge in [0.15, 0.2) is 0 Å². The average Bonchev–Trinajstić information content (AvgIpc) is 2.65. The van der Waals surface area contributed by atoms with E-state index in [1.54, 1.807) is 24.3 Å². The minimum absolute atomic E-state index is 0.166. The van der Waals surface area contributed by atoms with Crippen molar-refractivity contribution in [1.29, 1.82) is 0 Å². The third-order valence-electron chi connectivity index (χ3n) is 4.71. The van der Waals surface area contributed by atoms with Crippen LogP contribution in [0.25, 0.3) is 0 Å². The Bertz CT molecular complexity index is 690. The number of nitrogens with one attached hydrogen (secondary N) is 1. The van der Waals surface area contributed by atoms with E-state index < -0.39 is 0 Å². The van der Waals surface area contributed by atoms with Gasteiger partial charge in [0.1, 0.15) is 5.75 Å². The van der Waals surface area contributed by atoms with Crippen LogP contribution in [-0.4, -0.2) is 40.7 Å². The minimum Gasteiger partial charge on any atom is -0.508 e. The highest BCUT2D eigenvalue weighted by Crippen LogP contribution is 2.19. The first-order valence-corrected chi connectivity index (χ1v) is 8.66. The number of nitrogens with zero attached hydrogens (tertiary/aromatic N) is 1. The van der Waals surface area contributed by atoms with Gasteiger partial charge in [0.05, 0.1) is 0 Å². The predicted molar refractivity (Wildman–Crippen MR) is 97.6 cm³/mol. The van der Waals surface area contributed by atoms with Gasteiger partial charge >= 0.3 is 0 Å². The Morgan fingerprint density at radius 3 is 2.28 bits per heavy atom. The molecule has 1 aliphatic rings. The molecule has 2 aromatic carbocycles. The second-order valence-electron chi connectivity index (χ2n) is 6.60. The number of aliphatic hydroxyl groups excluding tert-OH is 1. The summed E-state index contributed by atoms with van der Waals surface area (Å²) in [6, 6.07) is 14.1. The number of anilines is 1. The third kappa shape index (κ3) is 4.81. The number of carbonyl (C=O) groups is 1. The van der Waals surface area contributed by atoms with Gasteiger partial charge in [-0.05, 0) is 73.8 Å². The van der Waals surface area contributed by atoms with Crippen LogP contribution in [0.5, 0.6) is 5.75 Å². The fraction of sp³-hybridized carbons (Fsp3) is 0.350. The highest BCUT2D eigenvalue weighted by Gasteiger charge is 2.18. The van der Waals surface area contributed by atoms with E-state index in [-0.39, 0.29) is 11.7 Å². The number of phenolic OH excluding ortho intramolecular Hbond substituents is 1. The molecular weight excluding hydrogens is 316 g/mol. The molecule has 0 radical (unpaired) electrons. The molecule has 0 aromatic heterocycles. The minimum atomic E-state index is -0.166. The van der Waals surface area contributed by atoms with Crippen LogP contribution in [0.3, 0.4) is 0 Å². The standard InChI is InChI=1S/C20H24N2O3/c23-14-16-9-11-22(12-10-16)13-15-1-3-17(4-2-15)20(25)21-18-5-7-19(24)8-6-18/h1-8,16,23-24H,9-14H2,(H,21,25). The highest BCUT2D eigenvalue weighted by atomic mass is 16.3. The number of piperidine rings is 1. The maximum absolute atomic E-state index is 12.3. The zero-order valence-corrected chi connectivity index (χ0v) is 14.2. The van der Waals surface area contributed by atoms with Gasteiger partial charge in [0.2, 0.25) is 0 Å². The van der Waals surface area contributed by atoms with E-state index in [4.69, 9.17) is 0 Å². The van der Waals surface area contributed by atoms with Crippen LogP contribution in [0.1, 0.15) is 28.8 Å². The topological polar surface area (TPSA) is 72.8 Å². The van der Waals surface area contributed by atoms with Gasteiger partial charge in [-0.25, -0.2) is 0 Å². The van der Waals surface area contributed by atoms with Crippen molar-refractivity contribution in [2.24, 2.45) is 5.92 Å². The molecule has 2 aromatic rings. The summed E-state index contributed by atoms with van der Waals surface area (Å²) in [4.78, 5) is 14.6. The molecule has 0 bridgehead atoms. The second kappa shape index (κ2) is 8.14. The van der Waals surface area contributed by atoms with Crippen LogP contribution >= 0.6 is 0 Å². The molecule has 5 heteroatoms. The Morgan fingerprint density at radius 1 is 1.04 bits per heavy atom. The zero-order valence-electron chi connectivity index (χ0n) is 14.2. The maximum atomic E-state index is 12.3. The highest BCUT2D eigenvalue weighted by molar-refractivity contribution is 6.04. The number of amides is 1. The van der Waals surface area contributed by atoms with E-state index in [2.05, 4.69) is 10.2 Å². The molecule has 1 amide bonds. The Labute approximate surface area is 147 Å². The van der Waals surface area contributed by atoms with E-state index in [0.717, 1.165) is 32.5 Å². The molecule has 5 nitrogen and oxygen atoms in total. The lowest BCUT2D eigenvalue weighted by molar-refractivity contribution is 0.102. The van der Waals surface area contributed by atoms with Crippen LogP contribution < -0.4 is 5.32 Å². The molecule has 25 heavy (non-hydrogen) atoms. The lowest BCUT2D eigenvalue weighted by atomic mass is 9.97. The summed E-state index contributed by atoms with van der Waals surface area (Å²) in [6.45, 7) is 3.18. The van der Waals surface area contributed by atoms with Crippen molar-refractivity contribution in [2.75, 3.05) is 25.0 Å². The van der Waals surface area contributed by atoms with Crippen molar-refractivity contribution in [3.05, 3.63) is 59.7 Å². The Morgan fingerprint density at radius 2 is 1.68 bits per heavy atom. The molecule has 1 heterocycles. The molecule has 0 saturated carbocycles. The van der Waals surface area contributed by atoms with E-state index in [9.17, 15) is 15.0 Å². The van der Waals surface area contributed by atoms with Crippen LogP contribution in [-0.2, 0) is 6.54 Å². The van der Waals surface area contributed by atoms with Crippen molar-refractivity contribution >= 4 is 11.6 Å². The summed E-state index contributed by atoms with van der Waals surface area (Å²) < 4.78 is 0. The summed E-state index contributed by atoms with van der Waals surface area (Å²) in [7, 11) is 0. The number of hydrogen-bond donors (Lipinski definition) is 3. The van der Waals surface area contributed by atoms with Gasteiger partial charge in [-0.2, -0.15) is 0 Å². The molecule has 1 fully saturated rings. The molecule has 3 rings (SSSR count). The number of hydrogen-bond acceptors (Lipinski definition) is 4. The number of carbonyl (C=O) groups excluding carboxylic acids is 1. The Balaban J connectivity index is 1.54. The monoisotopic (exact) mass is 340 g/mol. The molecule has 1 saturated heterocycles. The predicted octanol–water partition coefficient (Wildman–Crippen LogP) is 2.85. The fourth-order valence-corrected chi connectivity index (χ4v) is 3.09. The molecule has 132 valence electrons. The van der Waals surface area contributed by atoms with E-state index in [1.165, 1.54) is 5.56 Å². The van der Waals surface area contributed by atoms with Gasteiger partial charge in [-0.15, -0.1) is 0 Å². The summed E-state index contributed by atoms with van der Waals surface area (Å²) in [5, 5.41) is 21.3. The molecule has 0 atom stereocenters. The normalized spacial score (nSPS) is 15.9. The van der Waals surface area contributed by atoms with Crippen molar-refractivity contribution < 1.29 is 15.0 Å². The number of phenols is 1. The van der Waals surface area contributed by atoms with Crippen LogP contribution in [0.4, 0.5) is 5.69 Å². The molecule has 0 spiro atoms. The van der Waals surface area contributed by atoms with Crippen molar-refractivity contribution in [1.82, 2.24) is 4.90 Å². The number of likely N-dealkylation sites (tertiary alicyclic amines) is 1. The Hall–Kier alpha value is -2.37. The lowest BCUT2D eigenvalue weighted by Crippen LogP contribution is -2.34. The molecule has 3 N–H and O–H groups in total. The molecular formula is C20H24N2O3. The summed E-state index contributed by atoms with van der Waals surface area (Å²) in [5.74, 6) is 0.452. The largest absolute Gasteiger partial charge is 0.508 e. The SMILES string of the molecule is O=C(Nc1ccc(O)cc1)c1ccc(CN2CCC(CO)CC2)cc1. The van der Waals surface area contributed by atoms with Gasteiger partial charge in [0.25, 0.3) is 5.91 Å².